The minimum atomic E-state index is -0.692. The number of rotatable bonds is 9. The molecule has 39 heavy (non-hydrogen) atoms. The second kappa shape index (κ2) is 11.7. The van der Waals surface area contributed by atoms with Crippen LogP contribution in [0.5, 0.6) is 11.5 Å². The molecule has 1 aliphatic heterocycles. The summed E-state index contributed by atoms with van der Waals surface area (Å²) in [4.78, 5) is 23.5. The van der Waals surface area contributed by atoms with E-state index in [2.05, 4.69) is 20.2 Å². The number of benzene rings is 3. The molecule has 1 saturated heterocycles. The summed E-state index contributed by atoms with van der Waals surface area (Å²) in [5.74, 6) is 0.584. The first-order valence-electron chi connectivity index (χ1n) is 13.1. The number of hydrogen-bond acceptors (Lipinski definition) is 5. The molecular weight excluding hydrogens is 495 g/mol. The number of imidazole rings is 1. The number of carbonyl (C=O) groups is 1. The van der Waals surface area contributed by atoms with Gasteiger partial charge in [0, 0.05) is 30.5 Å². The monoisotopic (exact) mass is 528 g/mol. The predicted molar refractivity (Wildman–Crippen MR) is 148 cm³/mol. The Labute approximate surface area is 228 Å². The molecular formula is C31H33FN4O3. The summed E-state index contributed by atoms with van der Waals surface area (Å²) >= 11 is 0. The maximum Gasteiger partial charge on any atom is 0.231 e. The van der Waals surface area contributed by atoms with Crippen LogP contribution in [-0.2, 0) is 23.3 Å². The molecule has 0 spiro atoms. The van der Waals surface area contributed by atoms with Gasteiger partial charge in [-0.15, -0.1) is 0 Å². The van der Waals surface area contributed by atoms with E-state index in [4.69, 9.17) is 9.47 Å². The van der Waals surface area contributed by atoms with Gasteiger partial charge in [0.25, 0.3) is 0 Å². The Morgan fingerprint density at radius 2 is 1.77 bits per heavy atom. The van der Waals surface area contributed by atoms with Gasteiger partial charge in [-0.1, -0.05) is 48.5 Å². The molecule has 0 saturated carbocycles. The molecule has 1 aliphatic rings. The van der Waals surface area contributed by atoms with E-state index in [1.165, 1.54) is 7.11 Å². The van der Waals surface area contributed by atoms with Crippen molar-refractivity contribution < 1.29 is 18.7 Å². The summed E-state index contributed by atoms with van der Waals surface area (Å²) < 4.78 is 25.3. The third-order valence-corrected chi connectivity index (χ3v) is 7.64. The number of piperidine rings is 1. The number of carbonyl (C=O) groups excluding carboxylic acids is 1. The second-order valence-corrected chi connectivity index (χ2v) is 9.87. The minimum Gasteiger partial charge on any atom is -0.497 e. The predicted octanol–water partition coefficient (Wildman–Crippen LogP) is 5.08. The van der Waals surface area contributed by atoms with Crippen molar-refractivity contribution in [1.82, 2.24) is 20.2 Å². The summed E-state index contributed by atoms with van der Waals surface area (Å²) in [6, 6.07) is 20.5. The first kappa shape index (κ1) is 26.4. The minimum absolute atomic E-state index is 0.000167. The maximum absolute atomic E-state index is 14.9. The van der Waals surface area contributed by atoms with E-state index in [9.17, 15) is 9.18 Å². The summed E-state index contributed by atoms with van der Waals surface area (Å²) in [6.45, 7) is 2.72. The topological polar surface area (TPSA) is 79.5 Å². The lowest BCUT2D eigenvalue weighted by molar-refractivity contribution is -0.129. The number of hydrogen-bond donors (Lipinski definition) is 2. The highest BCUT2D eigenvalue weighted by atomic mass is 19.1. The van der Waals surface area contributed by atoms with Crippen LogP contribution in [0.25, 0.3) is 11.1 Å². The zero-order valence-electron chi connectivity index (χ0n) is 22.2. The van der Waals surface area contributed by atoms with E-state index < -0.39 is 11.2 Å². The van der Waals surface area contributed by atoms with Crippen molar-refractivity contribution in [2.75, 3.05) is 27.3 Å². The van der Waals surface area contributed by atoms with Crippen LogP contribution in [0.4, 0.5) is 4.39 Å². The standard InChI is InChI=1S/C31H33FN4O3/c1-38-26-12-6-22(7-13-26)18-34-30(37)31(14-16-36(17-15-31)20-25-19-33-21-35-25)24-10-8-23(9-11-24)27-4-3-5-28(39-2)29(27)32/h3-13,19,21H,14-18,20H2,1-2H3,(H,33,35)(H,34,37). The van der Waals surface area contributed by atoms with E-state index in [1.807, 2.05) is 54.7 Å². The molecule has 3 aromatic carbocycles. The number of methoxy groups -OCH3 is 2. The molecule has 0 unspecified atom stereocenters. The van der Waals surface area contributed by atoms with Gasteiger partial charge >= 0.3 is 0 Å². The third-order valence-electron chi connectivity index (χ3n) is 7.64. The van der Waals surface area contributed by atoms with Crippen molar-refractivity contribution in [3.8, 4) is 22.6 Å². The van der Waals surface area contributed by atoms with Gasteiger partial charge < -0.3 is 19.8 Å². The molecule has 0 atom stereocenters. The maximum atomic E-state index is 14.9. The molecule has 0 aliphatic carbocycles. The molecule has 0 radical (unpaired) electrons. The lowest BCUT2D eigenvalue weighted by atomic mass is 9.71. The number of aromatic nitrogens is 2. The number of nitrogens with zero attached hydrogens (tertiary/aromatic N) is 2. The van der Waals surface area contributed by atoms with Crippen LogP contribution in [-0.4, -0.2) is 48.1 Å². The molecule has 7 nitrogen and oxygen atoms in total. The van der Waals surface area contributed by atoms with E-state index in [-0.39, 0.29) is 11.7 Å². The van der Waals surface area contributed by atoms with Gasteiger partial charge in [0.2, 0.25) is 5.91 Å². The average Bonchev–Trinajstić information content (AvgIpc) is 3.50. The van der Waals surface area contributed by atoms with Crippen LogP contribution in [0.15, 0.2) is 79.3 Å². The van der Waals surface area contributed by atoms with Crippen molar-refractivity contribution in [1.29, 1.82) is 0 Å². The molecule has 0 bridgehead atoms. The van der Waals surface area contributed by atoms with Crippen LogP contribution in [0.2, 0.25) is 0 Å². The van der Waals surface area contributed by atoms with Crippen LogP contribution in [0.1, 0.15) is 29.7 Å². The summed E-state index contributed by atoms with van der Waals surface area (Å²) in [7, 11) is 3.09. The summed E-state index contributed by atoms with van der Waals surface area (Å²) in [6.07, 6.45) is 4.85. The van der Waals surface area contributed by atoms with Crippen LogP contribution < -0.4 is 14.8 Å². The SMILES string of the molecule is COc1ccc(CNC(=O)C2(c3ccc(-c4cccc(OC)c4F)cc3)CCN(Cc3cnc[nH]3)CC2)cc1. The van der Waals surface area contributed by atoms with Crippen LogP contribution in [0, 0.1) is 5.82 Å². The Morgan fingerprint density at radius 3 is 2.41 bits per heavy atom. The summed E-state index contributed by atoms with van der Waals surface area (Å²) in [5.41, 5.74) is 3.50. The van der Waals surface area contributed by atoms with Gasteiger partial charge in [0.1, 0.15) is 5.75 Å². The highest BCUT2D eigenvalue weighted by Crippen LogP contribution is 2.38. The number of H-pyrrole nitrogens is 1. The quantitative estimate of drug-likeness (QED) is 0.317. The number of nitrogens with one attached hydrogen (secondary N) is 2. The van der Waals surface area contributed by atoms with Crippen molar-refractivity contribution in [3.05, 3.63) is 102 Å². The second-order valence-electron chi connectivity index (χ2n) is 9.87. The Bertz CT molecular complexity index is 1380. The number of aromatic amines is 1. The van der Waals surface area contributed by atoms with Crippen molar-refractivity contribution >= 4 is 5.91 Å². The smallest absolute Gasteiger partial charge is 0.231 e. The number of likely N-dealkylation sites (tertiary alicyclic amines) is 1. The Kier molecular flexibility index (Phi) is 7.93. The molecule has 8 heteroatoms. The molecule has 1 fully saturated rings. The van der Waals surface area contributed by atoms with Gasteiger partial charge in [0.15, 0.2) is 11.6 Å². The van der Waals surface area contributed by atoms with Gasteiger partial charge in [0.05, 0.1) is 26.0 Å². The first-order chi connectivity index (χ1) is 19.0. The fourth-order valence-electron chi connectivity index (χ4n) is 5.31. The van der Waals surface area contributed by atoms with Crippen molar-refractivity contribution in [2.45, 2.75) is 31.3 Å². The van der Waals surface area contributed by atoms with Gasteiger partial charge in [-0.2, -0.15) is 0 Å². The van der Waals surface area contributed by atoms with E-state index in [1.54, 1.807) is 31.6 Å². The fraction of sp³-hybridized carbons (Fsp3) is 0.290. The zero-order chi connectivity index (χ0) is 27.2. The number of ether oxygens (including phenoxy) is 2. The van der Waals surface area contributed by atoms with Gasteiger partial charge in [-0.05, 0) is 60.8 Å². The Hall–Kier alpha value is -4.17. The molecule has 2 N–H and O–H groups in total. The van der Waals surface area contributed by atoms with E-state index in [0.29, 0.717) is 24.9 Å². The van der Waals surface area contributed by atoms with Crippen LogP contribution in [0.3, 0.4) is 0 Å². The molecule has 2 heterocycles. The molecule has 1 aromatic heterocycles. The summed E-state index contributed by atoms with van der Waals surface area (Å²) in [5, 5.41) is 3.19. The Balaban J connectivity index is 1.38. The normalized spacial score (nSPS) is 15.1. The highest BCUT2D eigenvalue weighted by Gasteiger charge is 2.42. The molecule has 202 valence electrons. The van der Waals surface area contributed by atoms with Gasteiger partial charge in [-0.3, -0.25) is 9.69 Å². The average molecular weight is 529 g/mol. The van der Waals surface area contributed by atoms with Gasteiger partial charge in [-0.25, -0.2) is 9.37 Å². The largest absolute Gasteiger partial charge is 0.497 e. The lowest BCUT2D eigenvalue weighted by Gasteiger charge is -2.41. The fourth-order valence-corrected chi connectivity index (χ4v) is 5.31. The van der Waals surface area contributed by atoms with Crippen molar-refractivity contribution in [3.63, 3.8) is 0 Å². The van der Waals surface area contributed by atoms with Crippen molar-refractivity contribution in [2.24, 2.45) is 0 Å². The van der Waals surface area contributed by atoms with Crippen LogP contribution >= 0.6 is 0 Å². The first-order valence-corrected chi connectivity index (χ1v) is 13.1. The molecule has 4 aromatic rings. The third kappa shape index (κ3) is 5.66. The van der Waals surface area contributed by atoms with E-state index in [0.717, 1.165) is 47.8 Å². The number of halogens is 1. The Morgan fingerprint density at radius 1 is 1.03 bits per heavy atom. The molecule has 1 amide bonds. The zero-order valence-corrected chi connectivity index (χ0v) is 22.2. The highest BCUT2D eigenvalue weighted by molar-refractivity contribution is 5.88. The van der Waals surface area contributed by atoms with E-state index >= 15 is 0 Å². The lowest BCUT2D eigenvalue weighted by Crippen LogP contribution is -2.51. The number of amides is 1. The molecule has 5 rings (SSSR count).